The molecule has 0 aliphatic rings. The zero-order valence-electron chi connectivity index (χ0n) is 48.7. The van der Waals surface area contributed by atoms with E-state index in [0.29, 0.717) is 0 Å². The molecule has 0 saturated carbocycles. The standard InChI is InChI=1S/C58H87BF9NO3.C7H4F3/c1-3-5-7-9-11-13-15-17-19-21-23-25-27-29-31-33-35-51(36-34-32-30-28-26-24-22-20-18-16-14-12-10-8-6-4-2)69-54-47-50(58(66,67)68)41-46-55(54)72-59(70-52-42-37-48(38-43-52)56(60,61)62)71-53-44-39-49(40-45-53)57(63,64)65;8-7(9,10)6-4-2-1-3-5-6/h37-47,51,69H,3-36H2,1-2H3;2-5H/q;-1/p+1. The van der Waals surface area contributed by atoms with Crippen LogP contribution in [0, 0.1) is 6.07 Å². The molecule has 0 aromatic heterocycles. The molecule has 2 N–H and O–H groups in total. The lowest BCUT2D eigenvalue weighted by Crippen LogP contribution is -2.84. The number of hydrogen-bond donors (Lipinski definition) is 1. The number of nitrogens with two attached hydrogens (primary N) is 1. The summed E-state index contributed by atoms with van der Waals surface area (Å²) in [5, 5.41) is 1.81. The molecule has 0 heterocycles. The van der Waals surface area contributed by atoms with Crippen molar-refractivity contribution in [3.8, 4) is 17.2 Å². The fraction of sp³-hybridized carbons (Fsp3) is 0.631. The summed E-state index contributed by atoms with van der Waals surface area (Å²) in [5.74, 6) is -0.319. The smallest absolute Gasteiger partial charge is 0.490 e. The summed E-state index contributed by atoms with van der Waals surface area (Å²) >= 11 is 0. The third-order valence-electron chi connectivity index (χ3n) is 14.7. The number of quaternary nitrogens is 1. The van der Waals surface area contributed by atoms with Crippen LogP contribution in [0.3, 0.4) is 0 Å². The molecule has 17 heteroatoms. The molecule has 0 unspecified atom stereocenters. The van der Waals surface area contributed by atoms with Crippen LogP contribution in [0.15, 0.2) is 91.0 Å². The molecule has 0 bridgehead atoms. The predicted molar refractivity (Wildman–Crippen MR) is 306 cm³/mol. The van der Waals surface area contributed by atoms with Gasteiger partial charge in [0.15, 0.2) is 11.4 Å². The van der Waals surface area contributed by atoms with Gasteiger partial charge in [-0.05, 0) is 86.3 Å². The summed E-state index contributed by atoms with van der Waals surface area (Å²) in [6.07, 6.45) is 22.9. The van der Waals surface area contributed by atoms with E-state index in [1.165, 1.54) is 166 Å². The van der Waals surface area contributed by atoms with Crippen molar-refractivity contribution in [3.05, 3.63) is 119 Å². The van der Waals surface area contributed by atoms with Gasteiger partial charge in [-0.3, -0.25) is 0 Å². The lowest BCUT2D eigenvalue weighted by atomic mass is 9.98. The van der Waals surface area contributed by atoms with Crippen LogP contribution in [0.1, 0.15) is 254 Å². The molecule has 462 valence electrons. The van der Waals surface area contributed by atoms with Crippen LogP contribution in [0.5, 0.6) is 17.2 Å². The van der Waals surface area contributed by atoms with E-state index >= 15 is 0 Å². The quantitative estimate of drug-likeness (QED) is 0.0158. The molecular weight excluding hydrogens is 1080 g/mol. The molecule has 0 atom stereocenters. The minimum atomic E-state index is -4.68. The van der Waals surface area contributed by atoms with E-state index in [1.807, 2.05) is 5.32 Å². The second-order valence-electron chi connectivity index (χ2n) is 21.8. The van der Waals surface area contributed by atoms with Crippen LogP contribution >= 0.6 is 0 Å². The normalized spacial score (nSPS) is 12.1. The first kappa shape index (κ1) is 71.7. The zero-order chi connectivity index (χ0) is 60.0. The second-order valence-corrected chi connectivity index (χ2v) is 21.8. The van der Waals surface area contributed by atoms with E-state index in [0.717, 1.165) is 143 Å². The monoisotopic (exact) mass is 1170 g/mol. The van der Waals surface area contributed by atoms with Gasteiger partial charge in [0.1, 0.15) is 11.5 Å². The molecule has 4 rings (SSSR count). The first-order valence-electron chi connectivity index (χ1n) is 30.6. The van der Waals surface area contributed by atoms with Crippen LogP contribution in [0.2, 0.25) is 0 Å². The maximum Gasteiger partial charge on any atom is 0.864 e. The third kappa shape index (κ3) is 33.1. The fourth-order valence-corrected chi connectivity index (χ4v) is 9.86. The highest BCUT2D eigenvalue weighted by molar-refractivity contribution is 6.39. The Morgan fingerprint density at radius 1 is 0.354 bits per heavy atom. The van der Waals surface area contributed by atoms with Gasteiger partial charge in [0.2, 0.25) is 0 Å². The van der Waals surface area contributed by atoms with Crippen molar-refractivity contribution in [2.24, 2.45) is 0 Å². The average molecular weight is 1170 g/mol. The van der Waals surface area contributed by atoms with Crippen molar-refractivity contribution in [1.82, 2.24) is 0 Å². The zero-order valence-corrected chi connectivity index (χ0v) is 48.7. The van der Waals surface area contributed by atoms with Crippen molar-refractivity contribution in [1.29, 1.82) is 0 Å². The lowest BCUT2D eigenvalue weighted by molar-refractivity contribution is -0.613. The van der Waals surface area contributed by atoms with Crippen molar-refractivity contribution >= 4 is 13.0 Å². The van der Waals surface area contributed by atoms with E-state index in [4.69, 9.17) is 14.0 Å². The van der Waals surface area contributed by atoms with E-state index in [2.05, 4.69) is 19.9 Å². The summed E-state index contributed by atoms with van der Waals surface area (Å²) in [6, 6.07) is 17.1. The summed E-state index contributed by atoms with van der Waals surface area (Å²) in [6.45, 7) is 4.49. The van der Waals surface area contributed by atoms with Crippen molar-refractivity contribution in [2.75, 3.05) is 0 Å². The Hall–Kier alpha value is -4.54. The van der Waals surface area contributed by atoms with Gasteiger partial charge >= 0.3 is 32.0 Å². The maximum absolute atomic E-state index is 14.3. The first-order chi connectivity index (χ1) is 39.2. The molecule has 0 radical (unpaired) electrons. The molecule has 0 spiro atoms. The molecular formula is C65H92BF12NO3. The Morgan fingerprint density at radius 3 is 0.927 bits per heavy atom. The van der Waals surface area contributed by atoms with Gasteiger partial charge in [-0.25, -0.2) is 0 Å². The Bertz CT molecular complexity index is 2090. The van der Waals surface area contributed by atoms with Crippen LogP contribution in [-0.2, 0) is 24.7 Å². The van der Waals surface area contributed by atoms with Gasteiger partial charge in [0.25, 0.3) is 0 Å². The number of halogens is 12. The van der Waals surface area contributed by atoms with Crippen molar-refractivity contribution < 1.29 is 72.0 Å². The molecule has 0 saturated heterocycles. The van der Waals surface area contributed by atoms with Gasteiger partial charge in [-0.1, -0.05) is 212 Å². The molecule has 0 amide bonds. The number of benzene rings is 4. The number of unbranched alkanes of at least 4 members (excludes halogenated alkanes) is 30. The molecule has 0 aliphatic heterocycles. The molecule has 82 heavy (non-hydrogen) atoms. The minimum absolute atomic E-state index is 0.0456. The average Bonchev–Trinajstić information content (AvgIpc) is 3.42. The largest absolute Gasteiger partial charge is 0.864 e. The third-order valence-corrected chi connectivity index (χ3v) is 14.7. The van der Waals surface area contributed by atoms with E-state index < -0.39 is 54.3 Å². The molecule has 4 aromatic carbocycles. The van der Waals surface area contributed by atoms with Gasteiger partial charge < -0.3 is 19.3 Å². The molecule has 0 fully saturated rings. The van der Waals surface area contributed by atoms with Crippen molar-refractivity contribution in [2.45, 2.75) is 263 Å². The molecule has 0 aliphatic carbocycles. The lowest BCUT2D eigenvalue weighted by Gasteiger charge is -2.21. The van der Waals surface area contributed by atoms with Gasteiger partial charge in [0, 0.05) is 6.07 Å². The SMILES string of the molecule is CCCCCCCCCCCCCCCCCCC(CCCCCCCCCCCCCCCCCC)[NH2+]c1cc(C(F)(F)F)ccc1OB(Oc1ccc(C(F)(F)F)cc1)Oc1ccc(C(F)(F)F)cc1.FC(F)(F)c1cc[c-]cc1. The van der Waals surface area contributed by atoms with Gasteiger partial charge in [-0.2, -0.15) is 83.0 Å². The Kier molecular flexibility index (Phi) is 35.6. The summed E-state index contributed by atoms with van der Waals surface area (Å²) in [5.41, 5.74) is -3.29. The van der Waals surface area contributed by atoms with Crippen LogP contribution in [-0.4, -0.2) is 13.4 Å². The van der Waals surface area contributed by atoms with E-state index in [1.54, 1.807) is 0 Å². The Morgan fingerprint density at radius 2 is 0.634 bits per heavy atom. The van der Waals surface area contributed by atoms with Crippen LogP contribution in [0.25, 0.3) is 0 Å². The first-order valence-corrected chi connectivity index (χ1v) is 30.6. The minimum Gasteiger partial charge on any atom is -0.490 e. The highest BCUT2D eigenvalue weighted by Gasteiger charge is 2.37. The summed E-state index contributed by atoms with van der Waals surface area (Å²) in [4.78, 5) is 0. The number of rotatable bonds is 42. The van der Waals surface area contributed by atoms with Crippen LogP contribution < -0.4 is 19.3 Å². The maximum atomic E-state index is 14.3. The summed E-state index contributed by atoms with van der Waals surface area (Å²) < 4.78 is 176. The van der Waals surface area contributed by atoms with Crippen molar-refractivity contribution in [3.63, 3.8) is 0 Å². The Labute approximate surface area is 482 Å². The topological polar surface area (TPSA) is 44.3 Å². The predicted octanol–water partition coefficient (Wildman–Crippen LogP) is 22.6. The van der Waals surface area contributed by atoms with Gasteiger partial charge in [-0.15, -0.1) is 0 Å². The molecule has 4 aromatic rings. The highest BCUT2D eigenvalue weighted by atomic mass is 19.4. The number of hydrogen-bond acceptors (Lipinski definition) is 3. The van der Waals surface area contributed by atoms with Crippen LogP contribution in [0.4, 0.5) is 58.4 Å². The van der Waals surface area contributed by atoms with E-state index in [-0.39, 0.29) is 29.0 Å². The fourth-order valence-electron chi connectivity index (χ4n) is 9.86. The van der Waals surface area contributed by atoms with Gasteiger partial charge in [0.05, 0.1) is 22.7 Å². The Balaban J connectivity index is 0.00000158. The van der Waals surface area contributed by atoms with E-state index in [9.17, 15) is 52.7 Å². The number of alkyl halides is 12. The summed E-state index contributed by atoms with van der Waals surface area (Å²) in [7, 11) is -1.82. The second kappa shape index (κ2) is 40.7. The highest BCUT2D eigenvalue weighted by Crippen LogP contribution is 2.36. The molecule has 4 nitrogen and oxygen atoms in total.